The molecule has 0 heterocycles. The van der Waals surface area contributed by atoms with Crippen molar-refractivity contribution in [2.24, 2.45) is 0 Å². The molecule has 0 aromatic heterocycles. The molecule has 0 radical (unpaired) electrons. The average Bonchev–Trinajstić information content (AvgIpc) is 2.35. The van der Waals surface area contributed by atoms with Crippen LogP contribution < -0.4 is 5.32 Å². The van der Waals surface area contributed by atoms with Gasteiger partial charge < -0.3 is 5.32 Å². The molecule has 1 atom stereocenters. The third-order valence-electron chi connectivity index (χ3n) is 3.05. The van der Waals surface area contributed by atoms with E-state index in [-0.39, 0.29) is 11.1 Å². The first-order chi connectivity index (χ1) is 9.49. The molecule has 106 valence electrons. The Kier molecular flexibility index (Phi) is 4.68. The van der Waals surface area contributed by atoms with Gasteiger partial charge in [-0.3, -0.25) is 0 Å². The second-order valence-corrected chi connectivity index (χ2v) is 4.90. The van der Waals surface area contributed by atoms with Crippen molar-refractivity contribution in [2.75, 3.05) is 7.05 Å². The number of nitrogens with one attached hydrogen (secondary N) is 1. The van der Waals surface area contributed by atoms with Gasteiger partial charge in [-0.05, 0) is 48.9 Å². The molecule has 2 aromatic carbocycles. The summed E-state index contributed by atoms with van der Waals surface area (Å²) in [5.74, 6) is -1.68. The Morgan fingerprint density at radius 3 is 2.20 bits per heavy atom. The second kappa shape index (κ2) is 6.29. The number of likely N-dealkylation sites (N-methyl/N-ethyl adjacent to an activating group) is 1. The summed E-state index contributed by atoms with van der Waals surface area (Å²) >= 11 is 6.00. The Hall–Kier alpha value is -1.52. The zero-order valence-corrected chi connectivity index (χ0v) is 11.5. The number of hydrogen-bond acceptors (Lipinski definition) is 1. The molecule has 5 heteroatoms. The lowest BCUT2D eigenvalue weighted by atomic mass is 9.98. The van der Waals surface area contributed by atoms with E-state index in [0.29, 0.717) is 17.5 Å². The summed E-state index contributed by atoms with van der Waals surface area (Å²) in [4.78, 5) is 0. The Bertz CT molecular complexity index is 596. The van der Waals surface area contributed by atoms with E-state index in [9.17, 15) is 13.2 Å². The van der Waals surface area contributed by atoms with Crippen molar-refractivity contribution >= 4 is 11.6 Å². The zero-order chi connectivity index (χ0) is 14.7. The van der Waals surface area contributed by atoms with Crippen molar-refractivity contribution in [3.8, 4) is 0 Å². The van der Waals surface area contributed by atoms with E-state index in [2.05, 4.69) is 5.32 Å². The van der Waals surface area contributed by atoms with Crippen molar-refractivity contribution in [1.82, 2.24) is 5.32 Å². The van der Waals surface area contributed by atoms with Crippen molar-refractivity contribution in [1.29, 1.82) is 0 Å². The summed E-state index contributed by atoms with van der Waals surface area (Å²) in [5, 5.41) is 3.29. The van der Waals surface area contributed by atoms with Crippen LogP contribution in [0.2, 0.25) is 5.02 Å². The second-order valence-electron chi connectivity index (χ2n) is 4.49. The lowest BCUT2D eigenvalue weighted by molar-refractivity contribution is 0.561. The number of hydrogen-bond donors (Lipinski definition) is 1. The predicted octanol–water partition coefficient (Wildman–Crippen LogP) is 4.26. The first-order valence-corrected chi connectivity index (χ1v) is 6.44. The summed E-state index contributed by atoms with van der Waals surface area (Å²) < 4.78 is 39.4. The van der Waals surface area contributed by atoms with E-state index in [1.807, 2.05) is 0 Å². The third kappa shape index (κ3) is 3.52. The summed E-state index contributed by atoms with van der Waals surface area (Å²) in [6.45, 7) is 0. The average molecular weight is 300 g/mol. The van der Waals surface area contributed by atoms with Gasteiger partial charge in [0, 0.05) is 17.1 Å². The molecule has 0 saturated carbocycles. The Balaban J connectivity index is 2.28. The molecular formula is C15H13ClF3N. The predicted molar refractivity (Wildman–Crippen MR) is 73.3 cm³/mol. The van der Waals surface area contributed by atoms with E-state index in [1.54, 1.807) is 13.1 Å². The van der Waals surface area contributed by atoms with Crippen LogP contribution in [0.15, 0.2) is 36.4 Å². The molecule has 0 fully saturated rings. The molecule has 1 unspecified atom stereocenters. The van der Waals surface area contributed by atoms with E-state index in [0.717, 1.165) is 6.07 Å². The lowest BCUT2D eigenvalue weighted by Gasteiger charge is -2.18. The largest absolute Gasteiger partial charge is 0.313 e. The molecule has 0 saturated heterocycles. The smallest absolute Gasteiger partial charge is 0.126 e. The Morgan fingerprint density at radius 2 is 1.65 bits per heavy atom. The fraction of sp³-hybridized carbons (Fsp3) is 0.200. The highest BCUT2D eigenvalue weighted by Crippen LogP contribution is 2.26. The van der Waals surface area contributed by atoms with E-state index in [1.165, 1.54) is 24.3 Å². The van der Waals surface area contributed by atoms with Crippen molar-refractivity contribution in [3.63, 3.8) is 0 Å². The van der Waals surface area contributed by atoms with E-state index < -0.39 is 17.5 Å². The van der Waals surface area contributed by atoms with Crippen LogP contribution in [0.4, 0.5) is 13.2 Å². The Morgan fingerprint density at radius 1 is 1.00 bits per heavy atom. The molecular weight excluding hydrogens is 287 g/mol. The minimum absolute atomic E-state index is 0.260. The van der Waals surface area contributed by atoms with Gasteiger partial charge in [-0.2, -0.15) is 0 Å². The zero-order valence-electron chi connectivity index (χ0n) is 10.8. The Labute approximate surface area is 120 Å². The van der Waals surface area contributed by atoms with Crippen LogP contribution in [-0.4, -0.2) is 7.05 Å². The van der Waals surface area contributed by atoms with Gasteiger partial charge in [-0.25, -0.2) is 13.2 Å². The van der Waals surface area contributed by atoms with Gasteiger partial charge in [-0.1, -0.05) is 17.7 Å². The monoisotopic (exact) mass is 299 g/mol. The van der Waals surface area contributed by atoms with E-state index >= 15 is 0 Å². The molecule has 2 rings (SSSR count). The normalized spacial score (nSPS) is 12.4. The van der Waals surface area contributed by atoms with Gasteiger partial charge in [0.05, 0.1) is 0 Å². The number of rotatable bonds is 4. The third-order valence-corrected chi connectivity index (χ3v) is 3.38. The molecule has 20 heavy (non-hydrogen) atoms. The van der Waals surface area contributed by atoms with Crippen LogP contribution in [0.1, 0.15) is 17.2 Å². The molecule has 0 aliphatic carbocycles. The van der Waals surface area contributed by atoms with Crippen LogP contribution >= 0.6 is 11.6 Å². The molecule has 2 aromatic rings. The minimum atomic E-state index is -0.625. The summed E-state index contributed by atoms with van der Waals surface area (Å²) in [7, 11) is 1.71. The highest BCUT2D eigenvalue weighted by atomic mass is 35.5. The SMILES string of the molecule is CNC(Cc1cc(F)cc(F)c1)c1ccc(F)cc1Cl. The fourth-order valence-electron chi connectivity index (χ4n) is 2.12. The molecule has 0 aliphatic heterocycles. The van der Waals surface area contributed by atoms with Crippen molar-refractivity contribution < 1.29 is 13.2 Å². The number of benzene rings is 2. The fourth-order valence-corrected chi connectivity index (χ4v) is 2.42. The molecule has 0 spiro atoms. The quantitative estimate of drug-likeness (QED) is 0.889. The van der Waals surface area contributed by atoms with Gasteiger partial charge in [0.15, 0.2) is 0 Å². The molecule has 0 aliphatic rings. The van der Waals surface area contributed by atoms with Gasteiger partial charge in [0.1, 0.15) is 17.5 Å². The van der Waals surface area contributed by atoms with Gasteiger partial charge >= 0.3 is 0 Å². The summed E-state index contributed by atoms with van der Waals surface area (Å²) in [5.41, 5.74) is 1.18. The topological polar surface area (TPSA) is 12.0 Å². The van der Waals surface area contributed by atoms with Crippen LogP contribution in [0.3, 0.4) is 0 Å². The summed E-state index contributed by atoms with van der Waals surface area (Å²) in [6, 6.07) is 7.18. The van der Waals surface area contributed by atoms with Crippen LogP contribution in [0.5, 0.6) is 0 Å². The maximum absolute atomic E-state index is 13.2. The molecule has 1 nitrogen and oxygen atoms in total. The number of halogens is 4. The first-order valence-electron chi connectivity index (χ1n) is 6.07. The highest BCUT2D eigenvalue weighted by molar-refractivity contribution is 6.31. The maximum Gasteiger partial charge on any atom is 0.126 e. The van der Waals surface area contributed by atoms with Crippen LogP contribution in [0, 0.1) is 17.5 Å². The van der Waals surface area contributed by atoms with Gasteiger partial charge in [0.2, 0.25) is 0 Å². The molecule has 0 amide bonds. The standard InChI is InChI=1S/C15H13ClF3N/c1-20-15(13-3-2-10(17)8-14(13)16)6-9-4-11(18)7-12(19)5-9/h2-5,7-8,15,20H,6H2,1H3. The molecule has 1 N–H and O–H groups in total. The highest BCUT2D eigenvalue weighted by Gasteiger charge is 2.15. The first kappa shape index (κ1) is 14.9. The van der Waals surface area contributed by atoms with Gasteiger partial charge in [-0.15, -0.1) is 0 Å². The van der Waals surface area contributed by atoms with Crippen molar-refractivity contribution in [3.05, 3.63) is 70.0 Å². The minimum Gasteiger partial charge on any atom is -0.313 e. The van der Waals surface area contributed by atoms with Crippen LogP contribution in [0.25, 0.3) is 0 Å². The van der Waals surface area contributed by atoms with Crippen molar-refractivity contribution in [2.45, 2.75) is 12.5 Å². The maximum atomic E-state index is 13.2. The van der Waals surface area contributed by atoms with E-state index in [4.69, 9.17) is 11.6 Å². The van der Waals surface area contributed by atoms with Gasteiger partial charge in [0.25, 0.3) is 0 Å². The van der Waals surface area contributed by atoms with Crippen LogP contribution in [-0.2, 0) is 6.42 Å². The molecule has 0 bridgehead atoms. The lowest BCUT2D eigenvalue weighted by Crippen LogP contribution is -2.19. The summed E-state index contributed by atoms with van der Waals surface area (Å²) in [6.07, 6.45) is 0.344.